The second-order valence-corrected chi connectivity index (χ2v) is 6.60. The molecule has 0 saturated heterocycles. The SMILES string of the molecule is COc1ccc(CNC(=O)[C@@H](C)OC(=O)C(C)(C)c2ccccc2)cc1. The fourth-order valence-corrected chi connectivity index (χ4v) is 2.41. The van der Waals surface area contributed by atoms with Gasteiger partial charge in [-0.1, -0.05) is 42.5 Å². The number of methoxy groups -OCH3 is 1. The van der Waals surface area contributed by atoms with Gasteiger partial charge in [-0.25, -0.2) is 0 Å². The zero-order valence-corrected chi connectivity index (χ0v) is 15.6. The molecule has 1 atom stereocenters. The Hall–Kier alpha value is -2.82. The molecule has 5 nitrogen and oxygen atoms in total. The second-order valence-electron chi connectivity index (χ2n) is 6.60. The largest absolute Gasteiger partial charge is 0.497 e. The Morgan fingerprint density at radius 3 is 2.23 bits per heavy atom. The Bertz CT molecular complexity index is 738. The van der Waals surface area contributed by atoms with Crippen molar-refractivity contribution in [3.63, 3.8) is 0 Å². The molecule has 26 heavy (non-hydrogen) atoms. The maximum Gasteiger partial charge on any atom is 0.316 e. The van der Waals surface area contributed by atoms with E-state index in [2.05, 4.69) is 5.32 Å². The highest BCUT2D eigenvalue weighted by Gasteiger charge is 2.33. The van der Waals surface area contributed by atoms with E-state index in [-0.39, 0.29) is 5.91 Å². The highest BCUT2D eigenvalue weighted by Crippen LogP contribution is 2.25. The molecule has 0 unspecified atom stereocenters. The van der Waals surface area contributed by atoms with E-state index in [4.69, 9.17) is 9.47 Å². The van der Waals surface area contributed by atoms with E-state index >= 15 is 0 Å². The molecule has 0 heterocycles. The summed E-state index contributed by atoms with van der Waals surface area (Å²) in [6.45, 7) is 5.49. The second kappa shape index (κ2) is 8.52. The van der Waals surface area contributed by atoms with Gasteiger partial charge in [-0.3, -0.25) is 9.59 Å². The standard InChI is InChI=1S/C21H25NO4/c1-15(19(23)22-14-16-10-12-18(25-4)13-11-16)26-20(24)21(2,3)17-8-6-5-7-9-17/h5-13,15H,14H2,1-4H3,(H,22,23)/t15-/m1/s1. The van der Waals surface area contributed by atoms with Crippen LogP contribution in [0.15, 0.2) is 54.6 Å². The van der Waals surface area contributed by atoms with E-state index < -0.39 is 17.5 Å². The van der Waals surface area contributed by atoms with Crippen LogP contribution in [-0.2, 0) is 26.3 Å². The number of nitrogens with one attached hydrogen (secondary N) is 1. The molecule has 1 amide bonds. The van der Waals surface area contributed by atoms with Crippen LogP contribution >= 0.6 is 0 Å². The quantitative estimate of drug-likeness (QED) is 0.775. The summed E-state index contributed by atoms with van der Waals surface area (Å²) in [6, 6.07) is 16.8. The molecule has 2 rings (SSSR count). The van der Waals surface area contributed by atoms with Gasteiger partial charge in [0.15, 0.2) is 6.10 Å². The van der Waals surface area contributed by atoms with E-state index in [9.17, 15) is 9.59 Å². The predicted molar refractivity (Wildman–Crippen MR) is 99.9 cm³/mol. The van der Waals surface area contributed by atoms with Crippen molar-refractivity contribution in [3.8, 4) is 5.75 Å². The van der Waals surface area contributed by atoms with E-state index in [1.165, 1.54) is 0 Å². The summed E-state index contributed by atoms with van der Waals surface area (Å²) in [6.07, 6.45) is -0.872. The third kappa shape index (κ3) is 4.85. The minimum Gasteiger partial charge on any atom is -0.497 e. The number of hydrogen-bond acceptors (Lipinski definition) is 4. The minimum atomic E-state index is -0.872. The molecule has 0 aliphatic carbocycles. The van der Waals surface area contributed by atoms with Gasteiger partial charge in [-0.15, -0.1) is 0 Å². The van der Waals surface area contributed by atoms with Gasteiger partial charge in [0.2, 0.25) is 0 Å². The monoisotopic (exact) mass is 355 g/mol. The van der Waals surface area contributed by atoms with E-state index in [0.717, 1.165) is 16.9 Å². The number of esters is 1. The molecule has 0 spiro atoms. The highest BCUT2D eigenvalue weighted by molar-refractivity contribution is 5.87. The molecule has 2 aromatic carbocycles. The molecule has 1 N–H and O–H groups in total. The molecule has 0 aliphatic heterocycles. The van der Waals surface area contributed by atoms with Crippen molar-refractivity contribution in [2.75, 3.05) is 7.11 Å². The first kappa shape index (κ1) is 19.5. The number of ether oxygens (including phenoxy) is 2. The number of benzene rings is 2. The summed E-state index contributed by atoms with van der Waals surface area (Å²) >= 11 is 0. The lowest BCUT2D eigenvalue weighted by molar-refractivity contribution is -0.159. The number of carbonyl (C=O) groups excluding carboxylic acids is 2. The molecular formula is C21H25NO4. The van der Waals surface area contributed by atoms with Crippen molar-refractivity contribution in [1.82, 2.24) is 5.32 Å². The molecule has 0 aromatic heterocycles. The Balaban J connectivity index is 1.90. The summed E-state index contributed by atoms with van der Waals surface area (Å²) < 4.78 is 10.5. The maximum atomic E-state index is 12.5. The van der Waals surface area contributed by atoms with Gasteiger partial charge in [0.1, 0.15) is 5.75 Å². The molecular weight excluding hydrogens is 330 g/mol. The molecule has 5 heteroatoms. The lowest BCUT2D eigenvalue weighted by atomic mass is 9.85. The molecule has 0 fully saturated rings. The predicted octanol–water partition coefficient (Wildman–Crippen LogP) is 3.22. The van der Waals surface area contributed by atoms with Crippen LogP contribution in [0.25, 0.3) is 0 Å². The highest BCUT2D eigenvalue weighted by atomic mass is 16.5. The van der Waals surface area contributed by atoms with Gasteiger partial charge in [0, 0.05) is 6.54 Å². The van der Waals surface area contributed by atoms with Gasteiger partial charge >= 0.3 is 5.97 Å². The summed E-state index contributed by atoms with van der Waals surface area (Å²) in [5.74, 6) is -0.0145. The number of carbonyl (C=O) groups is 2. The average Bonchev–Trinajstić information content (AvgIpc) is 2.67. The van der Waals surface area contributed by atoms with Gasteiger partial charge in [0.05, 0.1) is 12.5 Å². The van der Waals surface area contributed by atoms with Crippen molar-refractivity contribution < 1.29 is 19.1 Å². The molecule has 2 aromatic rings. The maximum absolute atomic E-state index is 12.5. The van der Waals surface area contributed by atoms with Crippen LogP contribution in [-0.4, -0.2) is 25.1 Å². The first-order valence-corrected chi connectivity index (χ1v) is 8.52. The smallest absolute Gasteiger partial charge is 0.316 e. The number of hydrogen-bond donors (Lipinski definition) is 1. The molecule has 0 radical (unpaired) electrons. The Morgan fingerprint density at radius 2 is 1.65 bits per heavy atom. The molecule has 0 bridgehead atoms. The van der Waals surface area contributed by atoms with Crippen molar-refractivity contribution in [2.45, 2.75) is 38.8 Å². The van der Waals surface area contributed by atoms with E-state index in [1.807, 2.05) is 54.6 Å². The van der Waals surface area contributed by atoms with Crippen LogP contribution in [0.2, 0.25) is 0 Å². The van der Waals surface area contributed by atoms with Gasteiger partial charge in [0.25, 0.3) is 5.91 Å². The van der Waals surface area contributed by atoms with Crippen LogP contribution in [0.5, 0.6) is 5.75 Å². The lowest BCUT2D eigenvalue weighted by Gasteiger charge is -2.25. The van der Waals surface area contributed by atoms with E-state index in [0.29, 0.717) is 6.54 Å². The summed E-state index contributed by atoms with van der Waals surface area (Å²) in [7, 11) is 1.60. The Morgan fingerprint density at radius 1 is 1.04 bits per heavy atom. The third-order valence-corrected chi connectivity index (χ3v) is 4.28. The van der Waals surface area contributed by atoms with Gasteiger partial charge in [-0.2, -0.15) is 0 Å². The van der Waals surface area contributed by atoms with Crippen molar-refractivity contribution in [2.24, 2.45) is 0 Å². The van der Waals surface area contributed by atoms with Gasteiger partial charge in [-0.05, 0) is 44.0 Å². The third-order valence-electron chi connectivity index (χ3n) is 4.28. The topological polar surface area (TPSA) is 64.6 Å². The minimum absolute atomic E-state index is 0.335. The molecule has 0 saturated carbocycles. The van der Waals surface area contributed by atoms with Crippen molar-refractivity contribution in [1.29, 1.82) is 0 Å². The fraction of sp³-hybridized carbons (Fsp3) is 0.333. The van der Waals surface area contributed by atoms with Crippen LogP contribution in [0.3, 0.4) is 0 Å². The number of rotatable bonds is 7. The number of amides is 1. The van der Waals surface area contributed by atoms with Crippen LogP contribution in [0, 0.1) is 0 Å². The normalized spacial score (nSPS) is 12.2. The Labute approximate surface area is 154 Å². The van der Waals surface area contributed by atoms with Crippen molar-refractivity contribution in [3.05, 3.63) is 65.7 Å². The summed E-state index contributed by atoms with van der Waals surface area (Å²) in [4.78, 5) is 24.7. The van der Waals surface area contributed by atoms with Crippen LogP contribution < -0.4 is 10.1 Å². The van der Waals surface area contributed by atoms with Crippen LogP contribution in [0.1, 0.15) is 31.9 Å². The van der Waals surface area contributed by atoms with E-state index in [1.54, 1.807) is 27.9 Å². The van der Waals surface area contributed by atoms with Crippen molar-refractivity contribution >= 4 is 11.9 Å². The summed E-state index contributed by atoms with van der Waals surface area (Å²) in [5.41, 5.74) is 0.948. The molecule has 138 valence electrons. The molecule has 0 aliphatic rings. The fourth-order valence-electron chi connectivity index (χ4n) is 2.41. The first-order chi connectivity index (χ1) is 12.3. The summed E-state index contributed by atoms with van der Waals surface area (Å²) in [5, 5.41) is 2.78. The first-order valence-electron chi connectivity index (χ1n) is 8.52. The Kier molecular flexibility index (Phi) is 6.39. The zero-order valence-electron chi connectivity index (χ0n) is 15.6. The van der Waals surface area contributed by atoms with Crippen LogP contribution in [0.4, 0.5) is 0 Å². The van der Waals surface area contributed by atoms with Gasteiger partial charge < -0.3 is 14.8 Å². The lowest BCUT2D eigenvalue weighted by Crippen LogP contribution is -2.40. The average molecular weight is 355 g/mol. The zero-order chi connectivity index (χ0) is 19.2.